The van der Waals surface area contributed by atoms with Crippen LogP contribution in [0.1, 0.15) is 24.8 Å². The number of guanidine groups is 1. The average molecular weight is 340 g/mol. The Morgan fingerprint density at radius 3 is 2.70 bits per heavy atom. The van der Waals surface area contributed by atoms with Gasteiger partial charge in [0.1, 0.15) is 0 Å². The molecule has 0 atom stereocenters. The smallest absolute Gasteiger partial charge is 0.191 e. The Labute approximate surface area is 143 Å². The van der Waals surface area contributed by atoms with Crippen LogP contribution in [0.2, 0.25) is 5.02 Å². The Hall–Kier alpha value is -1.30. The zero-order valence-electron chi connectivity index (χ0n) is 13.7. The van der Waals surface area contributed by atoms with Crippen LogP contribution in [0.3, 0.4) is 0 Å². The third kappa shape index (κ3) is 7.20. The van der Waals surface area contributed by atoms with Gasteiger partial charge in [0.25, 0.3) is 0 Å². The standard InChI is InChI=1S/C17H26ClN3O2/c1-19-17(21-13-14-3-5-15(18)6-4-14)20-9-2-10-23-16-7-11-22-12-8-16/h3-6,16H,2,7-13H2,1H3,(H2,19,20,21). The summed E-state index contributed by atoms with van der Waals surface area (Å²) in [6, 6.07) is 7.79. The summed E-state index contributed by atoms with van der Waals surface area (Å²) in [7, 11) is 1.77. The van der Waals surface area contributed by atoms with Crippen LogP contribution in [0.4, 0.5) is 0 Å². The number of ether oxygens (including phenoxy) is 2. The molecule has 6 heteroatoms. The van der Waals surface area contributed by atoms with Crippen LogP contribution in [0.5, 0.6) is 0 Å². The second kappa shape index (κ2) is 10.5. The van der Waals surface area contributed by atoms with Gasteiger partial charge in [0.2, 0.25) is 0 Å². The molecule has 0 aliphatic carbocycles. The first-order valence-corrected chi connectivity index (χ1v) is 8.54. The number of rotatable bonds is 7. The molecular weight excluding hydrogens is 314 g/mol. The lowest BCUT2D eigenvalue weighted by Crippen LogP contribution is -2.37. The maximum Gasteiger partial charge on any atom is 0.191 e. The van der Waals surface area contributed by atoms with Gasteiger partial charge in [0.15, 0.2) is 5.96 Å². The molecule has 5 nitrogen and oxygen atoms in total. The molecule has 1 aromatic rings. The molecule has 128 valence electrons. The predicted octanol–water partition coefficient (Wildman–Crippen LogP) is 2.59. The summed E-state index contributed by atoms with van der Waals surface area (Å²) < 4.78 is 11.2. The average Bonchev–Trinajstić information content (AvgIpc) is 2.59. The van der Waals surface area contributed by atoms with E-state index in [2.05, 4.69) is 15.6 Å². The highest BCUT2D eigenvalue weighted by atomic mass is 35.5. The summed E-state index contributed by atoms with van der Waals surface area (Å²) in [6.45, 7) is 3.97. The molecule has 1 aromatic carbocycles. The lowest BCUT2D eigenvalue weighted by molar-refractivity contribution is -0.0320. The molecule has 0 unspecified atom stereocenters. The first-order chi connectivity index (χ1) is 11.3. The summed E-state index contributed by atoms with van der Waals surface area (Å²) in [4.78, 5) is 4.22. The molecule has 1 aliphatic rings. The van der Waals surface area contributed by atoms with Gasteiger partial charge in [-0.2, -0.15) is 0 Å². The van der Waals surface area contributed by atoms with Crippen molar-refractivity contribution in [1.29, 1.82) is 0 Å². The number of aliphatic imine (C=N–C) groups is 1. The van der Waals surface area contributed by atoms with Crippen molar-refractivity contribution in [3.63, 3.8) is 0 Å². The first-order valence-electron chi connectivity index (χ1n) is 8.16. The van der Waals surface area contributed by atoms with Gasteiger partial charge in [-0.3, -0.25) is 4.99 Å². The Morgan fingerprint density at radius 1 is 1.26 bits per heavy atom. The molecular formula is C17H26ClN3O2. The topological polar surface area (TPSA) is 54.9 Å². The minimum Gasteiger partial charge on any atom is -0.381 e. The molecule has 2 N–H and O–H groups in total. The highest BCUT2D eigenvalue weighted by molar-refractivity contribution is 6.30. The van der Waals surface area contributed by atoms with Crippen LogP contribution >= 0.6 is 11.6 Å². The highest BCUT2D eigenvalue weighted by Crippen LogP contribution is 2.10. The summed E-state index contributed by atoms with van der Waals surface area (Å²) in [6.07, 6.45) is 3.35. The largest absolute Gasteiger partial charge is 0.381 e. The van der Waals surface area contributed by atoms with E-state index in [9.17, 15) is 0 Å². The molecule has 2 rings (SSSR count). The van der Waals surface area contributed by atoms with Crippen molar-refractivity contribution in [2.75, 3.05) is 33.4 Å². The van der Waals surface area contributed by atoms with Gasteiger partial charge >= 0.3 is 0 Å². The Bertz CT molecular complexity index is 473. The predicted molar refractivity (Wildman–Crippen MR) is 94.1 cm³/mol. The van der Waals surface area contributed by atoms with Gasteiger partial charge in [-0.05, 0) is 37.0 Å². The fraction of sp³-hybridized carbons (Fsp3) is 0.588. The molecule has 0 radical (unpaired) electrons. The lowest BCUT2D eigenvalue weighted by atomic mass is 10.1. The van der Waals surface area contributed by atoms with Crippen LogP contribution in [-0.2, 0) is 16.0 Å². The van der Waals surface area contributed by atoms with Gasteiger partial charge in [0, 0.05) is 45.0 Å². The zero-order chi connectivity index (χ0) is 16.3. The molecule has 0 bridgehead atoms. The van der Waals surface area contributed by atoms with Crippen molar-refractivity contribution in [3.8, 4) is 0 Å². The van der Waals surface area contributed by atoms with E-state index in [1.807, 2.05) is 24.3 Å². The highest BCUT2D eigenvalue weighted by Gasteiger charge is 2.13. The van der Waals surface area contributed by atoms with Crippen molar-refractivity contribution in [2.24, 2.45) is 4.99 Å². The molecule has 0 saturated carbocycles. The second-order valence-corrected chi connectivity index (χ2v) is 5.95. The Morgan fingerprint density at radius 2 is 2.00 bits per heavy atom. The minimum atomic E-state index is 0.367. The molecule has 1 saturated heterocycles. The number of halogens is 1. The molecule has 1 fully saturated rings. The molecule has 1 aliphatic heterocycles. The van der Waals surface area contributed by atoms with E-state index in [4.69, 9.17) is 21.1 Å². The number of nitrogens with one attached hydrogen (secondary N) is 2. The van der Waals surface area contributed by atoms with Crippen LogP contribution < -0.4 is 10.6 Å². The van der Waals surface area contributed by atoms with Crippen molar-refractivity contribution >= 4 is 17.6 Å². The van der Waals surface area contributed by atoms with Crippen molar-refractivity contribution < 1.29 is 9.47 Å². The van der Waals surface area contributed by atoms with Crippen molar-refractivity contribution in [1.82, 2.24) is 10.6 Å². The first kappa shape index (κ1) is 18.0. The zero-order valence-corrected chi connectivity index (χ0v) is 14.4. The maximum absolute atomic E-state index is 5.88. The van der Waals surface area contributed by atoms with E-state index in [-0.39, 0.29) is 0 Å². The SMILES string of the molecule is CN=C(NCCCOC1CCOCC1)NCc1ccc(Cl)cc1. The van der Waals surface area contributed by atoms with Gasteiger partial charge in [0.05, 0.1) is 6.10 Å². The third-order valence-electron chi connectivity index (χ3n) is 3.73. The lowest BCUT2D eigenvalue weighted by Gasteiger charge is -2.22. The van der Waals surface area contributed by atoms with E-state index >= 15 is 0 Å². The maximum atomic E-state index is 5.88. The van der Waals surface area contributed by atoms with Crippen LogP contribution in [0, 0.1) is 0 Å². The fourth-order valence-electron chi connectivity index (χ4n) is 2.38. The van der Waals surface area contributed by atoms with E-state index in [1.165, 1.54) is 5.56 Å². The van der Waals surface area contributed by atoms with E-state index in [1.54, 1.807) is 7.05 Å². The summed E-state index contributed by atoms with van der Waals surface area (Å²) in [5.41, 5.74) is 1.17. The number of hydrogen-bond acceptors (Lipinski definition) is 3. The molecule has 0 spiro atoms. The minimum absolute atomic E-state index is 0.367. The van der Waals surface area contributed by atoms with E-state index in [0.717, 1.165) is 63.2 Å². The second-order valence-electron chi connectivity index (χ2n) is 5.52. The van der Waals surface area contributed by atoms with Crippen molar-refractivity contribution in [2.45, 2.75) is 31.9 Å². The quantitative estimate of drug-likeness (QED) is 0.455. The van der Waals surface area contributed by atoms with Gasteiger partial charge in [-0.15, -0.1) is 0 Å². The van der Waals surface area contributed by atoms with Gasteiger partial charge in [-0.25, -0.2) is 0 Å². The van der Waals surface area contributed by atoms with Gasteiger partial charge < -0.3 is 20.1 Å². The molecule has 0 aromatic heterocycles. The number of nitrogens with zero attached hydrogens (tertiary/aromatic N) is 1. The number of hydrogen-bond donors (Lipinski definition) is 2. The van der Waals surface area contributed by atoms with Crippen LogP contribution in [0.15, 0.2) is 29.3 Å². The summed E-state index contributed by atoms with van der Waals surface area (Å²) >= 11 is 5.88. The third-order valence-corrected chi connectivity index (χ3v) is 3.98. The number of benzene rings is 1. The summed E-state index contributed by atoms with van der Waals surface area (Å²) in [5.74, 6) is 0.797. The van der Waals surface area contributed by atoms with Gasteiger partial charge in [-0.1, -0.05) is 23.7 Å². The monoisotopic (exact) mass is 339 g/mol. The van der Waals surface area contributed by atoms with Crippen molar-refractivity contribution in [3.05, 3.63) is 34.9 Å². The van der Waals surface area contributed by atoms with Crippen LogP contribution in [0.25, 0.3) is 0 Å². The molecule has 1 heterocycles. The Kier molecular flexibility index (Phi) is 8.21. The normalized spacial score (nSPS) is 16.3. The molecule has 0 amide bonds. The van der Waals surface area contributed by atoms with Crippen LogP contribution in [-0.4, -0.2) is 45.5 Å². The fourth-order valence-corrected chi connectivity index (χ4v) is 2.51. The summed E-state index contributed by atoms with van der Waals surface area (Å²) in [5, 5.41) is 7.33. The Balaban J connectivity index is 1.56. The van der Waals surface area contributed by atoms with E-state index in [0.29, 0.717) is 6.10 Å². The molecule has 23 heavy (non-hydrogen) atoms. The van der Waals surface area contributed by atoms with E-state index < -0.39 is 0 Å².